The van der Waals surface area contributed by atoms with Crippen LogP contribution in [-0.2, 0) is 11.2 Å². The second-order valence-corrected chi connectivity index (χ2v) is 8.92. The minimum atomic E-state index is -1.55. The molecule has 0 spiro atoms. The molecule has 1 fully saturated rings. The number of amides is 1. The minimum absolute atomic E-state index is 0.0819. The summed E-state index contributed by atoms with van der Waals surface area (Å²) in [6.45, 7) is 0. The third-order valence-corrected chi connectivity index (χ3v) is 6.20. The molecule has 1 heterocycles. The Balaban J connectivity index is 1.52. The molecule has 4 aromatic rings. The molecule has 0 saturated heterocycles. The lowest BCUT2D eigenvalue weighted by atomic mass is 9.94. The second kappa shape index (κ2) is 10.1. The van der Waals surface area contributed by atoms with Crippen molar-refractivity contribution < 1.29 is 37.0 Å². The maximum Gasteiger partial charge on any atom is 0.326 e. The minimum Gasteiger partial charge on any atom is -0.490 e. The summed E-state index contributed by atoms with van der Waals surface area (Å²) in [5.41, 5.74) is 0.649. The fourth-order valence-electron chi connectivity index (χ4n) is 4.20. The quantitative estimate of drug-likeness (QED) is 0.301. The van der Waals surface area contributed by atoms with E-state index in [1.54, 1.807) is 24.3 Å². The molecule has 0 bridgehead atoms. The number of carboxylic acid groups (broad SMARTS) is 1. The standard InChI is InChI=1S/C28H20F4N2O4/c29-19-4-1-5-20(30)25(19)27(35)34-23(28(36)37)11-14-6-9-16(17-3-2-10-33-26(14)17)18-12-21(31)22(32)13-24(18)38-15-7-8-15/h1-6,9-10,12-13,15,23H,7-8,11H2,(H,34,35)(H,36,37)/t23-/m0/s1. The van der Waals surface area contributed by atoms with Gasteiger partial charge >= 0.3 is 5.97 Å². The number of halogens is 4. The Bertz CT molecular complexity index is 1550. The smallest absolute Gasteiger partial charge is 0.326 e. The van der Waals surface area contributed by atoms with E-state index in [4.69, 9.17) is 4.74 Å². The monoisotopic (exact) mass is 524 g/mol. The topological polar surface area (TPSA) is 88.5 Å². The fraction of sp³-hybridized carbons (Fsp3) is 0.179. The summed E-state index contributed by atoms with van der Waals surface area (Å²) in [5, 5.41) is 12.4. The Hall–Kier alpha value is -4.47. The maximum absolute atomic E-state index is 14.3. The number of benzene rings is 3. The third kappa shape index (κ3) is 5.02. The second-order valence-electron chi connectivity index (χ2n) is 8.92. The molecule has 2 N–H and O–H groups in total. The first kappa shape index (κ1) is 25.2. The number of hydrogen-bond acceptors (Lipinski definition) is 4. The van der Waals surface area contributed by atoms with Crippen molar-refractivity contribution in [3.05, 3.63) is 95.2 Å². The van der Waals surface area contributed by atoms with Crippen molar-refractivity contribution in [1.82, 2.24) is 10.3 Å². The summed E-state index contributed by atoms with van der Waals surface area (Å²) in [6.07, 6.45) is 2.73. The average molecular weight is 524 g/mol. The van der Waals surface area contributed by atoms with E-state index >= 15 is 0 Å². The van der Waals surface area contributed by atoms with Crippen molar-refractivity contribution in [3.8, 4) is 16.9 Å². The normalized spacial score (nSPS) is 13.8. The van der Waals surface area contributed by atoms with Gasteiger partial charge in [0.05, 0.1) is 11.6 Å². The highest BCUT2D eigenvalue weighted by atomic mass is 19.2. The van der Waals surface area contributed by atoms with Gasteiger partial charge in [0.15, 0.2) is 11.6 Å². The lowest BCUT2D eigenvalue weighted by Gasteiger charge is -2.18. The number of carbonyl (C=O) groups excluding carboxylic acids is 1. The molecule has 10 heteroatoms. The van der Waals surface area contributed by atoms with Crippen LogP contribution in [0.3, 0.4) is 0 Å². The number of rotatable bonds is 8. The SMILES string of the molecule is O=C(N[C@@H](Cc1ccc(-c2cc(F)c(F)cc2OC2CC2)c2cccnc12)C(=O)O)c1c(F)cccc1F. The zero-order valence-corrected chi connectivity index (χ0v) is 19.7. The average Bonchev–Trinajstić information content (AvgIpc) is 3.70. The van der Waals surface area contributed by atoms with Gasteiger partial charge in [-0.15, -0.1) is 0 Å². The van der Waals surface area contributed by atoms with Crippen molar-refractivity contribution in [2.45, 2.75) is 31.4 Å². The highest BCUT2D eigenvalue weighted by molar-refractivity contribution is 5.99. The molecule has 0 unspecified atom stereocenters. The molecule has 5 rings (SSSR count). The van der Waals surface area contributed by atoms with Gasteiger partial charge in [0.1, 0.15) is 29.0 Å². The van der Waals surface area contributed by atoms with Crippen molar-refractivity contribution >= 4 is 22.8 Å². The lowest BCUT2D eigenvalue weighted by molar-refractivity contribution is -0.139. The van der Waals surface area contributed by atoms with Crippen LogP contribution >= 0.6 is 0 Å². The number of fused-ring (bicyclic) bond motifs is 1. The Morgan fingerprint density at radius 2 is 1.66 bits per heavy atom. The highest BCUT2D eigenvalue weighted by Gasteiger charge is 2.28. The number of carboxylic acids is 1. The maximum atomic E-state index is 14.3. The first-order chi connectivity index (χ1) is 18.2. The number of ether oxygens (including phenoxy) is 1. The summed E-state index contributed by atoms with van der Waals surface area (Å²) in [7, 11) is 0. The first-order valence-corrected chi connectivity index (χ1v) is 11.7. The number of pyridine rings is 1. The molecule has 1 atom stereocenters. The molecule has 0 radical (unpaired) electrons. The molecule has 1 amide bonds. The van der Waals surface area contributed by atoms with E-state index in [9.17, 15) is 32.3 Å². The van der Waals surface area contributed by atoms with Gasteiger partial charge < -0.3 is 15.2 Å². The van der Waals surface area contributed by atoms with Crippen LogP contribution in [-0.4, -0.2) is 34.1 Å². The fourth-order valence-corrected chi connectivity index (χ4v) is 4.20. The molecule has 3 aromatic carbocycles. The molecule has 1 aromatic heterocycles. The van der Waals surface area contributed by atoms with E-state index in [1.807, 2.05) is 0 Å². The molecule has 38 heavy (non-hydrogen) atoms. The largest absolute Gasteiger partial charge is 0.490 e. The van der Waals surface area contributed by atoms with E-state index in [0.29, 0.717) is 27.6 Å². The van der Waals surface area contributed by atoms with Gasteiger partial charge in [-0.25, -0.2) is 22.4 Å². The van der Waals surface area contributed by atoms with Crippen LogP contribution in [0.2, 0.25) is 0 Å². The molecule has 1 aliphatic rings. The molecule has 194 valence electrons. The molecule has 6 nitrogen and oxygen atoms in total. The molecular formula is C28H20F4N2O4. The molecule has 0 aliphatic heterocycles. The van der Waals surface area contributed by atoms with Crippen LogP contribution < -0.4 is 10.1 Å². The predicted molar refractivity (Wildman–Crippen MR) is 130 cm³/mol. The molecule has 1 aliphatic carbocycles. The van der Waals surface area contributed by atoms with Crippen molar-refractivity contribution in [1.29, 1.82) is 0 Å². The van der Waals surface area contributed by atoms with E-state index in [1.165, 1.54) is 6.20 Å². The van der Waals surface area contributed by atoms with Gasteiger partial charge in [0.25, 0.3) is 5.91 Å². The van der Waals surface area contributed by atoms with Gasteiger partial charge in [0, 0.05) is 29.6 Å². The van der Waals surface area contributed by atoms with E-state index in [-0.39, 0.29) is 18.3 Å². The molecule has 1 saturated carbocycles. The first-order valence-electron chi connectivity index (χ1n) is 11.7. The summed E-state index contributed by atoms with van der Waals surface area (Å²) >= 11 is 0. The van der Waals surface area contributed by atoms with E-state index < -0.39 is 46.8 Å². The van der Waals surface area contributed by atoms with Crippen molar-refractivity contribution in [3.63, 3.8) is 0 Å². The van der Waals surface area contributed by atoms with Crippen LogP contribution in [0.1, 0.15) is 28.8 Å². The number of carbonyl (C=O) groups is 2. The van der Waals surface area contributed by atoms with Gasteiger partial charge in [-0.2, -0.15) is 0 Å². The number of aliphatic carboxylic acids is 1. The Kier molecular flexibility index (Phi) is 6.71. The van der Waals surface area contributed by atoms with Crippen molar-refractivity contribution in [2.75, 3.05) is 0 Å². The van der Waals surface area contributed by atoms with Gasteiger partial charge in [-0.05, 0) is 48.2 Å². The summed E-state index contributed by atoms with van der Waals surface area (Å²) in [5.74, 6) is -6.83. The van der Waals surface area contributed by atoms with E-state index in [0.717, 1.165) is 43.2 Å². The predicted octanol–water partition coefficient (Wildman–Crippen LogP) is 5.43. The number of aromatic nitrogens is 1. The zero-order valence-electron chi connectivity index (χ0n) is 19.7. The van der Waals surface area contributed by atoms with Crippen LogP contribution in [0.25, 0.3) is 22.0 Å². The lowest BCUT2D eigenvalue weighted by Crippen LogP contribution is -2.43. The zero-order chi connectivity index (χ0) is 27.0. The van der Waals surface area contributed by atoms with Crippen LogP contribution in [0.15, 0.2) is 60.8 Å². The van der Waals surface area contributed by atoms with Crippen LogP contribution in [0, 0.1) is 23.3 Å². The Morgan fingerprint density at radius 1 is 0.947 bits per heavy atom. The van der Waals surface area contributed by atoms with Gasteiger partial charge in [-0.1, -0.05) is 24.3 Å². The number of nitrogens with zero attached hydrogens (tertiary/aromatic N) is 1. The number of hydrogen-bond donors (Lipinski definition) is 2. The highest BCUT2D eigenvalue weighted by Crippen LogP contribution is 2.39. The Labute approximate surface area is 213 Å². The summed E-state index contributed by atoms with van der Waals surface area (Å²) < 4.78 is 62.2. The van der Waals surface area contributed by atoms with Crippen molar-refractivity contribution in [2.24, 2.45) is 0 Å². The van der Waals surface area contributed by atoms with Gasteiger partial charge in [0.2, 0.25) is 0 Å². The van der Waals surface area contributed by atoms with Crippen LogP contribution in [0.5, 0.6) is 5.75 Å². The molecular weight excluding hydrogens is 504 g/mol. The van der Waals surface area contributed by atoms with Gasteiger partial charge in [-0.3, -0.25) is 9.78 Å². The Morgan fingerprint density at radius 3 is 2.34 bits per heavy atom. The summed E-state index contributed by atoms with van der Waals surface area (Å²) in [6, 6.07) is 9.84. The summed E-state index contributed by atoms with van der Waals surface area (Å²) in [4.78, 5) is 28.9. The number of nitrogens with one attached hydrogen (secondary N) is 1. The third-order valence-electron chi connectivity index (χ3n) is 6.20. The van der Waals surface area contributed by atoms with Crippen LogP contribution in [0.4, 0.5) is 17.6 Å². The van der Waals surface area contributed by atoms with E-state index in [2.05, 4.69) is 10.3 Å².